The molecule has 3 saturated heterocycles. The van der Waals surface area contributed by atoms with E-state index in [9.17, 15) is 4.39 Å². The van der Waals surface area contributed by atoms with E-state index in [0.717, 1.165) is 19.1 Å². The maximum atomic E-state index is 13.3. The van der Waals surface area contributed by atoms with Crippen LogP contribution in [0.2, 0.25) is 0 Å². The molecular weight excluding hydrogens is 263 g/mol. The number of halogens is 1. The monoisotopic (exact) mass is 288 g/mol. The average Bonchev–Trinajstić information content (AvgIpc) is 2.89. The molecule has 2 nitrogen and oxygen atoms in total. The van der Waals surface area contributed by atoms with Gasteiger partial charge < -0.3 is 5.32 Å². The number of benzene rings is 1. The van der Waals surface area contributed by atoms with E-state index in [1.807, 2.05) is 12.1 Å². The van der Waals surface area contributed by atoms with Crippen LogP contribution in [0.3, 0.4) is 0 Å². The minimum atomic E-state index is -0.123. The van der Waals surface area contributed by atoms with Crippen molar-refractivity contribution in [3.05, 3.63) is 35.6 Å². The summed E-state index contributed by atoms with van der Waals surface area (Å²) in [5, 5.41) is 3.58. The predicted octanol–water partition coefficient (Wildman–Crippen LogP) is 3.15. The zero-order valence-electron chi connectivity index (χ0n) is 12.7. The number of nitrogens with one attached hydrogen (secondary N) is 1. The molecule has 3 fully saturated rings. The normalized spacial score (nSPS) is 36.8. The van der Waals surface area contributed by atoms with Crippen molar-refractivity contribution in [3.8, 4) is 0 Å². The molecule has 0 amide bonds. The number of hydrogen-bond acceptors (Lipinski definition) is 2. The summed E-state index contributed by atoms with van der Waals surface area (Å²) in [4.78, 5) is 2.74. The predicted molar refractivity (Wildman–Crippen MR) is 82.9 cm³/mol. The molecule has 0 radical (unpaired) electrons. The van der Waals surface area contributed by atoms with Crippen molar-refractivity contribution < 1.29 is 4.39 Å². The fourth-order valence-corrected chi connectivity index (χ4v) is 5.22. The summed E-state index contributed by atoms with van der Waals surface area (Å²) in [5.41, 5.74) is 1.75. The van der Waals surface area contributed by atoms with Crippen LogP contribution in [0.25, 0.3) is 0 Å². The molecule has 3 heteroatoms. The molecule has 3 atom stereocenters. The second-order valence-corrected chi connectivity index (χ2v) is 7.09. The quantitative estimate of drug-likeness (QED) is 0.854. The van der Waals surface area contributed by atoms with Gasteiger partial charge in [-0.05, 0) is 68.4 Å². The first-order valence-corrected chi connectivity index (χ1v) is 8.50. The summed E-state index contributed by atoms with van der Waals surface area (Å²) < 4.78 is 13.3. The lowest BCUT2D eigenvalue weighted by Crippen LogP contribution is -2.52. The number of piperidine rings is 2. The van der Waals surface area contributed by atoms with Crippen LogP contribution in [-0.2, 0) is 0 Å². The lowest BCUT2D eigenvalue weighted by atomic mass is 9.62. The SMILES string of the molecule is Fc1ccc(C2CNCCC23CCN2CCCCC23)cc1. The number of nitrogens with zero attached hydrogens (tertiary/aromatic N) is 1. The molecule has 4 rings (SSSR count). The van der Waals surface area contributed by atoms with E-state index >= 15 is 0 Å². The van der Waals surface area contributed by atoms with Crippen LogP contribution >= 0.6 is 0 Å². The van der Waals surface area contributed by atoms with Crippen molar-refractivity contribution in [3.63, 3.8) is 0 Å². The van der Waals surface area contributed by atoms with E-state index in [-0.39, 0.29) is 5.82 Å². The lowest BCUT2D eigenvalue weighted by Gasteiger charge is -2.49. The Hall–Kier alpha value is -0.930. The van der Waals surface area contributed by atoms with E-state index in [1.54, 1.807) is 12.1 Å². The highest BCUT2D eigenvalue weighted by Crippen LogP contribution is 2.53. The second kappa shape index (κ2) is 5.36. The van der Waals surface area contributed by atoms with Gasteiger partial charge in [-0.15, -0.1) is 0 Å². The largest absolute Gasteiger partial charge is 0.316 e. The standard InChI is InChI=1S/C18H25FN2/c19-15-6-4-14(5-7-15)16-13-20-10-8-18(16)9-12-21-11-2-1-3-17(18)21/h4-7,16-17,20H,1-3,8-13H2. The van der Waals surface area contributed by atoms with Crippen molar-refractivity contribution in [1.82, 2.24) is 10.2 Å². The van der Waals surface area contributed by atoms with Crippen molar-refractivity contribution in [2.75, 3.05) is 26.2 Å². The number of fused-ring (bicyclic) bond motifs is 2. The van der Waals surface area contributed by atoms with Crippen molar-refractivity contribution in [2.24, 2.45) is 5.41 Å². The summed E-state index contributed by atoms with van der Waals surface area (Å²) in [6.45, 7) is 4.75. The van der Waals surface area contributed by atoms with Crippen molar-refractivity contribution >= 4 is 0 Å². The molecule has 0 aromatic heterocycles. The maximum absolute atomic E-state index is 13.3. The van der Waals surface area contributed by atoms with Crippen LogP contribution < -0.4 is 5.32 Å². The Morgan fingerprint density at radius 1 is 1.10 bits per heavy atom. The van der Waals surface area contributed by atoms with Gasteiger partial charge in [0, 0.05) is 18.5 Å². The van der Waals surface area contributed by atoms with E-state index in [4.69, 9.17) is 0 Å². The van der Waals surface area contributed by atoms with Gasteiger partial charge >= 0.3 is 0 Å². The minimum absolute atomic E-state index is 0.123. The van der Waals surface area contributed by atoms with Crippen LogP contribution in [0.5, 0.6) is 0 Å². The Balaban J connectivity index is 1.69. The molecule has 1 spiro atoms. The average molecular weight is 288 g/mol. The molecule has 114 valence electrons. The molecular formula is C18H25FN2. The van der Waals surface area contributed by atoms with Gasteiger partial charge in [0.25, 0.3) is 0 Å². The Kier molecular flexibility index (Phi) is 3.50. The fourth-order valence-electron chi connectivity index (χ4n) is 5.22. The van der Waals surface area contributed by atoms with Crippen LogP contribution in [0, 0.1) is 11.2 Å². The van der Waals surface area contributed by atoms with Crippen LogP contribution in [0.15, 0.2) is 24.3 Å². The molecule has 0 saturated carbocycles. The topological polar surface area (TPSA) is 15.3 Å². The van der Waals surface area contributed by atoms with E-state index in [0.29, 0.717) is 11.3 Å². The summed E-state index contributed by atoms with van der Waals surface area (Å²) in [7, 11) is 0. The first-order chi connectivity index (χ1) is 10.3. The minimum Gasteiger partial charge on any atom is -0.316 e. The zero-order chi connectivity index (χ0) is 14.3. The first kappa shape index (κ1) is 13.7. The highest BCUT2D eigenvalue weighted by molar-refractivity contribution is 5.27. The molecule has 3 aliphatic heterocycles. The molecule has 3 unspecified atom stereocenters. The van der Waals surface area contributed by atoms with Crippen LogP contribution in [0.4, 0.5) is 4.39 Å². The number of hydrogen-bond donors (Lipinski definition) is 1. The van der Waals surface area contributed by atoms with Crippen LogP contribution in [-0.4, -0.2) is 37.1 Å². The summed E-state index contributed by atoms with van der Waals surface area (Å²) >= 11 is 0. The lowest BCUT2D eigenvalue weighted by molar-refractivity contribution is 0.0663. The fraction of sp³-hybridized carbons (Fsp3) is 0.667. The summed E-state index contributed by atoms with van der Waals surface area (Å²) in [6.07, 6.45) is 6.70. The van der Waals surface area contributed by atoms with Crippen molar-refractivity contribution in [2.45, 2.75) is 44.1 Å². The summed E-state index contributed by atoms with van der Waals surface area (Å²) in [5.74, 6) is 0.419. The van der Waals surface area contributed by atoms with Crippen molar-refractivity contribution in [1.29, 1.82) is 0 Å². The van der Waals surface area contributed by atoms with Gasteiger partial charge in [-0.2, -0.15) is 0 Å². The molecule has 21 heavy (non-hydrogen) atoms. The third-order valence-corrected chi connectivity index (χ3v) is 6.22. The summed E-state index contributed by atoms with van der Waals surface area (Å²) in [6, 6.07) is 8.04. The van der Waals surface area contributed by atoms with E-state index in [1.165, 1.54) is 50.8 Å². The smallest absolute Gasteiger partial charge is 0.123 e. The molecule has 3 heterocycles. The highest BCUT2D eigenvalue weighted by atomic mass is 19.1. The van der Waals surface area contributed by atoms with Gasteiger partial charge in [0.2, 0.25) is 0 Å². The van der Waals surface area contributed by atoms with Gasteiger partial charge in [-0.1, -0.05) is 18.6 Å². The van der Waals surface area contributed by atoms with Crippen LogP contribution in [0.1, 0.15) is 43.6 Å². The van der Waals surface area contributed by atoms with E-state index in [2.05, 4.69) is 10.2 Å². The Morgan fingerprint density at radius 3 is 2.81 bits per heavy atom. The van der Waals surface area contributed by atoms with E-state index < -0.39 is 0 Å². The zero-order valence-corrected chi connectivity index (χ0v) is 12.7. The molecule has 1 N–H and O–H groups in total. The van der Waals surface area contributed by atoms with Gasteiger partial charge in [-0.3, -0.25) is 4.90 Å². The van der Waals surface area contributed by atoms with Gasteiger partial charge in [0.15, 0.2) is 0 Å². The second-order valence-electron chi connectivity index (χ2n) is 7.09. The maximum Gasteiger partial charge on any atom is 0.123 e. The third-order valence-electron chi connectivity index (χ3n) is 6.22. The Bertz CT molecular complexity index is 500. The Morgan fingerprint density at radius 2 is 1.95 bits per heavy atom. The molecule has 1 aromatic rings. The third kappa shape index (κ3) is 2.22. The molecule has 1 aromatic carbocycles. The Labute approximate surface area is 126 Å². The van der Waals surface area contributed by atoms with Gasteiger partial charge in [-0.25, -0.2) is 4.39 Å². The van der Waals surface area contributed by atoms with Gasteiger partial charge in [0.1, 0.15) is 5.82 Å². The first-order valence-electron chi connectivity index (χ1n) is 8.50. The van der Waals surface area contributed by atoms with Gasteiger partial charge in [0.05, 0.1) is 0 Å². The molecule has 3 aliphatic rings. The highest BCUT2D eigenvalue weighted by Gasteiger charge is 2.53. The molecule has 0 bridgehead atoms. The molecule has 0 aliphatic carbocycles. The number of rotatable bonds is 1.